The zero-order valence-corrected chi connectivity index (χ0v) is 14.1. The van der Waals surface area contributed by atoms with Crippen LogP contribution in [0.5, 0.6) is 11.5 Å². The molecule has 1 aromatic heterocycles. The molecule has 0 atom stereocenters. The maximum atomic E-state index is 13.3. The monoisotopic (exact) mass is 366 g/mol. The van der Waals surface area contributed by atoms with E-state index in [4.69, 9.17) is 9.47 Å². The number of nitrogens with zero attached hydrogens (tertiary/aromatic N) is 2. The smallest absolute Gasteiger partial charge is 0.270 e. The minimum Gasteiger partial charge on any atom is -0.454 e. The number of carbonyl (C=O) groups excluding carboxylic acids is 1. The van der Waals surface area contributed by atoms with E-state index in [-0.39, 0.29) is 24.2 Å². The lowest BCUT2D eigenvalue weighted by Gasteiger charge is -2.08. The van der Waals surface area contributed by atoms with Gasteiger partial charge in [-0.2, -0.15) is 0 Å². The molecule has 0 unspecified atom stereocenters. The molecule has 0 bridgehead atoms. The number of aromatic nitrogens is 2. The number of ether oxygens (including phenoxy) is 2. The number of hydrogen-bond acceptors (Lipinski definition) is 6. The average molecular weight is 366 g/mol. The summed E-state index contributed by atoms with van der Waals surface area (Å²) in [7, 11) is 0. The van der Waals surface area contributed by atoms with E-state index in [0.29, 0.717) is 29.5 Å². The van der Waals surface area contributed by atoms with Crippen LogP contribution in [0.1, 0.15) is 16.1 Å². The quantitative estimate of drug-likeness (QED) is 0.722. The van der Waals surface area contributed by atoms with Crippen molar-refractivity contribution in [3.05, 3.63) is 71.9 Å². The van der Waals surface area contributed by atoms with Gasteiger partial charge in [0.15, 0.2) is 11.5 Å². The van der Waals surface area contributed by atoms with E-state index >= 15 is 0 Å². The summed E-state index contributed by atoms with van der Waals surface area (Å²) in [6.45, 7) is 0.513. The van der Waals surface area contributed by atoms with Crippen LogP contribution in [0.2, 0.25) is 0 Å². The Morgan fingerprint density at radius 2 is 1.96 bits per heavy atom. The molecule has 2 N–H and O–H groups in total. The number of carbonyl (C=O) groups is 1. The number of amides is 1. The summed E-state index contributed by atoms with van der Waals surface area (Å²) in [5.74, 6) is 1.02. The maximum absolute atomic E-state index is 13.3. The highest BCUT2D eigenvalue weighted by Gasteiger charge is 2.14. The van der Waals surface area contributed by atoms with E-state index in [9.17, 15) is 9.18 Å². The first kappa shape index (κ1) is 16.8. The third kappa shape index (κ3) is 3.95. The summed E-state index contributed by atoms with van der Waals surface area (Å²) < 4.78 is 23.8. The molecule has 4 rings (SSSR count). The molecule has 27 heavy (non-hydrogen) atoms. The van der Waals surface area contributed by atoms with E-state index in [2.05, 4.69) is 20.6 Å². The number of rotatable bonds is 5. The van der Waals surface area contributed by atoms with Gasteiger partial charge in [-0.05, 0) is 35.9 Å². The summed E-state index contributed by atoms with van der Waals surface area (Å²) in [6, 6.07) is 12.9. The number of hydrogen-bond donors (Lipinski definition) is 2. The normalized spacial score (nSPS) is 11.9. The van der Waals surface area contributed by atoms with Gasteiger partial charge < -0.3 is 20.1 Å². The van der Waals surface area contributed by atoms with Crippen molar-refractivity contribution in [2.45, 2.75) is 6.54 Å². The van der Waals surface area contributed by atoms with Crippen molar-refractivity contribution in [2.75, 3.05) is 12.1 Å². The number of fused-ring (bicyclic) bond motifs is 1. The number of anilines is 2. The van der Waals surface area contributed by atoms with Crippen LogP contribution < -0.4 is 20.1 Å². The van der Waals surface area contributed by atoms with E-state index in [1.165, 1.54) is 24.5 Å². The molecule has 1 amide bonds. The van der Waals surface area contributed by atoms with Gasteiger partial charge in [-0.1, -0.05) is 12.1 Å². The molecular weight excluding hydrogens is 351 g/mol. The molecule has 8 heteroatoms. The zero-order chi connectivity index (χ0) is 18.6. The minimum absolute atomic E-state index is 0.199. The van der Waals surface area contributed by atoms with Crippen molar-refractivity contribution in [1.29, 1.82) is 0 Å². The highest BCUT2D eigenvalue weighted by atomic mass is 19.1. The molecule has 0 radical (unpaired) electrons. The molecule has 3 aromatic rings. The summed E-state index contributed by atoms with van der Waals surface area (Å²) in [5.41, 5.74) is 1.60. The van der Waals surface area contributed by atoms with Gasteiger partial charge in [-0.15, -0.1) is 0 Å². The molecule has 1 aliphatic heterocycles. The summed E-state index contributed by atoms with van der Waals surface area (Å²) >= 11 is 0. The lowest BCUT2D eigenvalue weighted by atomic mass is 10.2. The van der Waals surface area contributed by atoms with Gasteiger partial charge >= 0.3 is 0 Å². The molecule has 0 aliphatic carbocycles. The predicted molar refractivity (Wildman–Crippen MR) is 95.4 cm³/mol. The van der Waals surface area contributed by atoms with Crippen molar-refractivity contribution in [3.8, 4) is 11.5 Å². The van der Waals surface area contributed by atoms with E-state index < -0.39 is 0 Å². The van der Waals surface area contributed by atoms with Crippen molar-refractivity contribution >= 4 is 17.4 Å². The summed E-state index contributed by atoms with van der Waals surface area (Å²) in [4.78, 5) is 20.4. The lowest BCUT2D eigenvalue weighted by molar-refractivity contribution is 0.0945. The van der Waals surface area contributed by atoms with E-state index in [1.807, 2.05) is 12.1 Å². The largest absolute Gasteiger partial charge is 0.454 e. The Bertz CT molecular complexity index is 996. The van der Waals surface area contributed by atoms with Crippen LogP contribution in [0, 0.1) is 5.82 Å². The zero-order valence-electron chi connectivity index (χ0n) is 14.1. The van der Waals surface area contributed by atoms with Crippen LogP contribution in [0.4, 0.5) is 15.9 Å². The van der Waals surface area contributed by atoms with E-state index in [0.717, 1.165) is 5.56 Å². The molecule has 0 spiro atoms. The van der Waals surface area contributed by atoms with Gasteiger partial charge in [0.1, 0.15) is 23.7 Å². The first-order chi connectivity index (χ1) is 13.2. The highest BCUT2D eigenvalue weighted by Crippen LogP contribution is 2.32. The molecule has 2 heterocycles. The van der Waals surface area contributed by atoms with Crippen LogP contribution in [0.15, 0.2) is 54.9 Å². The molecule has 0 fully saturated rings. The summed E-state index contributed by atoms with van der Waals surface area (Å²) in [6.07, 6.45) is 1.27. The Kier molecular flexibility index (Phi) is 4.52. The lowest BCUT2D eigenvalue weighted by Crippen LogP contribution is -2.24. The Hall–Kier alpha value is -3.68. The van der Waals surface area contributed by atoms with Crippen LogP contribution in [-0.4, -0.2) is 22.7 Å². The minimum atomic E-state index is -0.365. The van der Waals surface area contributed by atoms with Gasteiger partial charge in [-0.25, -0.2) is 14.4 Å². The second-order valence-electron chi connectivity index (χ2n) is 5.79. The fourth-order valence-electron chi connectivity index (χ4n) is 2.59. The van der Waals surface area contributed by atoms with Crippen molar-refractivity contribution in [1.82, 2.24) is 15.3 Å². The fourth-order valence-corrected chi connectivity index (χ4v) is 2.59. The Balaban J connectivity index is 1.41. The number of nitrogens with one attached hydrogen (secondary N) is 2. The SMILES string of the molecule is O=C(NCc1ccc2c(c1)OCO2)c1cc(Nc2cccc(F)c2)ncn1. The Labute approximate surface area is 154 Å². The maximum Gasteiger partial charge on any atom is 0.270 e. The van der Waals surface area contributed by atoms with Crippen LogP contribution >= 0.6 is 0 Å². The molecule has 0 saturated heterocycles. The summed E-state index contributed by atoms with van der Waals surface area (Å²) in [5, 5.41) is 5.73. The van der Waals surface area contributed by atoms with Gasteiger partial charge in [0.25, 0.3) is 5.91 Å². The standard InChI is InChI=1S/C19H15FN4O3/c20-13-2-1-3-14(7-13)24-18-8-15(22-10-23-18)19(25)21-9-12-4-5-16-17(6-12)27-11-26-16/h1-8,10H,9,11H2,(H,21,25)(H,22,23,24). The van der Waals surface area contributed by atoms with Crippen LogP contribution in [-0.2, 0) is 6.54 Å². The van der Waals surface area contributed by atoms with Crippen LogP contribution in [0.3, 0.4) is 0 Å². The Morgan fingerprint density at radius 3 is 2.85 bits per heavy atom. The van der Waals surface area contributed by atoms with Gasteiger partial charge in [0.2, 0.25) is 6.79 Å². The molecule has 0 saturated carbocycles. The van der Waals surface area contributed by atoms with Gasteiger partial charge in [0, 0.05) is 18.3 Å². The van der Waals surface area contributed by atoms with Crippen molar-refractivity contribution in [2.24, 2.45) is 0 Å². The molecule has 1 aliphatic rings. The predicted octanol–water partition coefficient (Wildman–Crippen LogP) is 3.02. The Morgan fingerprint density at radius 1 is 1.07 bits per heavy atom. The van der Waals surface area contributed by atoms with E-state index in [1.54, 1.807) is 18.2 Å². The topological polar surface area (TPSA) is 85.4 Å². The second-order valence-corrected chi connectivity index (χ2v) is 5.79. The number of benzene rings is 2. The number of halogens is 1. The molecule has 2 aromatic carbocycles. The van der Waals surface area contributed by atoms with Gasteiger partial charge in [0.05, 0.1) is 0 Å². The first-order valence-corrected chi connectivity index (χ1v) is 8.19. The molecule has 7 nitrogen and oxygen atoms in total. The fraction of sp³-hybridized carbons (Fsp3) is 0.105. The van der Waals surface area contributed by atoms with Crippen LogP contribution in [0.25, 0.3) is 0 Å². The second kappa shape index (κ2) is 7.28. The third-order valence-electron chi connectivity index (χ3n) is 3.89. The third-order valence-corrected chi connectivity index (χ3v) is 3.89. The van der Waals surface area contributed by atoms with Crippen molar-refractivity contribution in [3.63, 3.8) is 0 Å². The van der Waals surface area contributed by atoms with Crippen molar-refractivity contribution < 1.29 is 18.7 Å². The highest BCUT2D eigenvalue weighted by molar-refractivity contribution is 5.92. The molecular formula is C19H15FN4O3. The average Bonchev–Trinajstić information content (AvgIpc) is 3.14. The van der Waals surface area contributed by atoms with Gasteiger partial charge in [-0.3, -0.25) is 4.79 Å². The molecule has 136 valence electrons. The first-order valence-electron chi connectivity index (χ1n) is 8.19.